The molecule has 0 saturated heterocycles. The molecule has 0 radical (unpaired) electrons. The van der Waals surface area contributed by atoms with Crippen molar-refractivity contribution in [1.82, 2.24) is 4.90 Å². The van der Waals surface area contributed by atoms with E-state index >= 15 is 0 Å². The van der Waals surface area contributed by atoms with Gasteiger partial charge in [0.05, 0.1) is 6.10 Å². The maximum atomic E-state index is 9.65. The Morgan fingerprint density at radius 3 is 2.75 bits per heavy atom. The normalized spacial score (nSPS) is 20.7. The van der Waals surface area contributed by atoms with Gasteiger partial charge in [-0.3, -0.25) is 0 Å². The lowest BCUT2D eigenvalue weighted by Crippen LogP contribution is -2.43. The molecule has 1 aromatic carbocycles. The molecule has 1 heterocycles. The number of aliphatic hydroxyl groups excluding tert-OH is 1. The van der Waals surface area contributed by atoms with Crippen molar-refractivity contribution in [2.75, 3.05) is 11.9 Å². The lowest BCUT2D eigenvalue weighted by Gasteiger charge is -2.29. The van der Waals surface area contributed by atoms with E-state index in [9.17, 15) is 5.11 Å². The highest BCUT2D eigenvalue weighted by molar-refractivity contribution is 9.09. The van der Waals surface area contributed by atoms with Gasteiger partial charge in [0.25, 0.3) is 0 Å². The number of hydrogen-bond donors (Lipinski definition) is 1. The van der Waals surface area contributed by atoms with Crippen LogP contribution in [-0.2, 0) is 0 Å². The Morgan fingerprint density at radius 1 is 1.38 bits per heavy atom. The summed E-state index contributed by atoms with van der Waals surface area (Å²) in [6, 6.07) is 8.66. The minimum Gasteiger partial charge on any atom is -0.390 e. The number of fused-ring (bicyclic) bond motifs is 1. The van der Waals surface area contributed by atoms with Crippen LogP contribution in [0.2, 0.25) is 0 Å². The highest BCUT2D eigenvalue weighted by atomic mass is 79.9. The summed E-state index contributed by atoms with van der Waals surface area (Å²) in [5.74, 6) is 0. The van der Waals surface area contributed by atoms with Crippen molar-refractivity contribution in [2.24, 2.45) is 0 Å². The van der Waals surface area contributed by atoms with E-state index in [1.807, 2.05) is 6.07 Å². The average molecular weight is 282 g/mol. The summed E-state index contributed by atoms with van der Waals surface area (Å²) in [6.07, 6.45) is 4.04. The molecular formula is C13H16BrNO. The number of alkyl halides is 1. The van der Waals surface area contributed by atoms with Crippen molar-refractivity contribution in [3.05, 3.63) is 34.7 Å². The van der Waals surface area contributed by atoms with Crippen molar-refractivity contribution in [3.8, 4) is 0 Å². The highest BCUT2D eigenvalue weighted by Gasteiger charge is 2.14. The zero-order valence-corrected chi connectivity index (χ0v) is 10.9. The minimum absolute atomic E-state index is 0.322. The van der Waals surface area contributed by atoms with Gasteiger partial charge < -0.3 is 10.0 Å². The third-order valence-corrected chi connectivity index (χ3v) is 3.59. The van der Waals surface area contributed by atoms with E-state index in [0.29, 0.717) is 17.9 Å². The van der Waals surface area contributed by atoms with E-state index in [-0.39, 0.29) is 6.10 Å². The fourth-order valence-corrected chi connectivity index (χ4v) is 2.15. The molecule has 1 aliphatic rings. The van der Waals surface area contributed by atoms with Gasteiger partial charge in [-0.15, -0.1) is 0 Å². The summed E-state index contributed by atoms with van der Waals surface area (Å²) < 4.78 is 0. The number of aliphatic hydroxyl groups is 1. The number of benzene rings is 1. The van der Waals surface area contributed by atoms with Crippen molar-refractivity contribution >= 4 is 28.2 Å². The molecule has 86 valence electrons. The fraction of sp³-hybridized carbons (Fsp3) is 0.385. The fourth-order valence-electron chi connectivity index (χ4n) is 1.94. The highest BCUT2D eigenvalue weighted by Crippen LogP contribution is 2.06. The first-order valence-electron chi connectivity index (χ1n) is 5.49. The van der Waals surface area contributed by atoms with Crippen LogP contribution in [0.15, 0.2) is 24.3 Å². The van der Waals surface area contributed by atoms with Gasteiger partial charge in [-0.1, -0.05) is 46.3 Å². The molecule has 0 bridgehead atoms. The first-order valence-corrected chi connectivity index (χ1v) is 6.61. The molecular weight excluding hydrogens is 266 g/mol. The number of nitrogens with zero attached hydrogens (tertiary/aromatic N) is 1. The summed E-state index contributed by atoms with van der Waals surface area (Å²) in [5, 5.41) is 12.8. The second-order valence-corrected chi connectivity index (χ2v) is 4.82. The van der Waals surface area contributed by atoms with E-state index in [2.05, 4.69) is 58.2 Å². The van der Waals surface area contributed by atoms with E-state index in [4.69, 9.17) is 0 Å². The topological polar surface area (TPSA) is 23.5 Å². The molecule has 3 heteroatoms. The molecule has 1 aliphatic heterocycles. The molecule has 0 amide bonds. The van der Waals surface area contributed by atoms with E-state index < -0.39 is 0 Å². The summed E-state index contributed by atoms with van der Waals surface area (Å²) in [6.45, 7) is 2.81. The molecule has 2 unspecified atom stereocenters. The molecule has 1 N–H and O–H groups in total. The number of rotatable bonds is 3. The SMILES string of the molecule is CC1C=c2ccccc2=CN1CC(O)CBr. The van der Waals surface area contributed by atoms with Crippen LogP contribution in [0.25, 0.3) is 12.3 Å². The molecule has 0 aliphatic carbocycles. The van der Waals surface area contributed by atoms with Crippen LogP contribution in [-0.4, -0.2) is 34.0 Å². The van der Waals surface area contributed by atoms with Crippen LogP contribution in [0.5, 0.6) is 0 Å². The Labute approximate surface area is 104 Å². The third-order valence-electron chi connectivity index (χ3n) is 2.84. The monoisotopic (exact) mass is 281 g/mol. The van der Waals surface area contributed by atoms with E-state index in [1.165, 1.54) is 10.4 Å². The van der Waals surface area contributed by atoms with Gasteiger partial charge in [-0.25, -0.2) is 0 Å². The van der Waals surface area contributed by atoms with Gasteiger partial charge in [0.15, 0.2) is 0 Å². The Bertz CT molecular complexity index is 471. The van der Waals surface area contributed by atoms with Crippen molar-refractivity contribution in [1.29, 1.82) is 0 Å². The lowest BCUT2D eigenvalue weighted by atomic mass is 10.1. The maximum absolute atomic E-state index is 9.65. The molecule has 2 nitrogen and oxygen atoms in total. The number of halogens is 1. The van der Waals surface area contributed by atoms with Gasteiger partial charge in [-0.05, 0) is 17.4 Å². The quantitative estimate of drug-likeness (QED) is 0.824. The van der Waals surface area contributed by atoms with Crippen LogP contribution in [0, 0.1) is 0 Å². The summed E-state index contributed by atoms with van der Waals surface area (Å²) in [5.41, 5.74) is 0. The molecule has 0 aromatic heterocycles. The first-order chi connectivity index (χ1) is 7.70. The Morgan fingerprint density at radius 2 is 2.06 bits per heavy atom. The molecule has 0 saturated carbocycles. The van der Waals surface area contributed by atoms with Gasteiger partial charge in [0.2, 0.25) is 0 Å². The van der Waals surface area contributed by atoms with Crippen LogP contribution in [0.4, 0.5) is 0 Å². The van der Waals surface area contributed by atoms with E-state index in [1.54, 1.807) is 0 Å². The summed E-state index contributed by atoms with van der Waals surface area (Å²) >= 11 is 3.29. The second kappa shape index (κ2) is 5.02. The predicted molar refractivity (Wildman–Crippen MR) is 70.6 cm³/mol. The van der Waals surface area contributed by atoms with Crippen molar-refractivity contribution in [3.63, 3.8) is 0 Å². The summed E-state index contributed by atoms with van der Waals surface area (Å²) in [4.78, 5) is 2.17. The Balaban J connectivity index is 2.29. The molecule has 16 heavy (non-hydrogen) atoms. The zero-order chi connectivity index (χ0) is 11.5. The lowest BCUT2D eigenvalue weighted by molar-refractivity contribution is 0.157. The van der Waals surface area contributed by atoms with Crippen LogP contribution >= 0.6 is 15.9 Å². The van der Waals surface area contributed by atoms with Crippen LogP contribution < -0.4 is 10.4 Å². The van der Waals surface area contributed by atoms with Gasteiger partial charge in [0.1, 0.15) is 0 Å². The van der Waals surface area contributed by atoms with Crippen molar-refractivity contribution < 1.29 is 5.11 Å². The van der Waals surface area contributed by atoms with Crippen LogP contribution in [0.1, 0.15) is 6.92 Å². The first kappa shape index (κ1) is 11.7. The van der Waals surface area contributed by atoms with Gasteiger partial charge >= 0.3 is 0 Å². The standard InChI is InChI=1S/C13H16BrNO/c1-10-6-11-4-2-3-5-12(11)8-15(10)9-13(16)7-14/h2-6,8,10,13,16H,7,9H2,1H3. The Hall–Kier alpha value is -0.800. The largest absolute Gasteiger partial charge is 0.390 e. The van der Waals surface area contributed by atoms with Crippen LogP contribution in [0.3, 0.4) is 0 Å². The molecule has 2 atom stereocenters. The number of hydrogen-bond acceptors (Lipinski definition) is 2. The summed E-state index contributed by atoms with van der Waals surface area (Å²) in [7, 11) is 0. The van der Waals surface area contributed by atoms with Gasteiger partial charge in [0, 0.05) is 24.1 Å². The second-order valence-electron chi connectivity index (χ2n) is 4.17. The van der Waals surface area contributed by atoms with Crippen molar-refractivity contribution in [2.45, 2.75) is 19.1 Å². The Kier molecular flexibility index (Phi) is 3.66. The molecule has 2 rings (SSSR count). The maximum Gasteiger partial charge on any atom is 0.0811 e. The minimum atomic E-state index is -0.322. The molecule has 1 aromatic rings. The third kappa shape index (κ3) is 2.47. The predicted octanol–water partition coefficient (Wildman–Crippen LogP) is 0.665. The van der Waals surface area contributed by atoms with E-state index in [0.717, 1.165) is 0 Å². The zero-order valence-electron chi connectivity index (χ0n) is 9.31. The molecule has 0 spiro atoms. The number of β-amino-alcohol motifs (C(OH)–C–C–N with tert-alkyl or cyclic N) is 1. The molecule has 0 fully saturated rings. The average Bonchev–Trinajstić information content (AvgIpc) is 2.30. The smallest absolute Gasteiger partial charge is 0.0811 e. The van der Waals surface area contributed by atoms with Gasteiger partial charge in [-0.2, -0.15) is 0 Å².